The largest absolute Gasteiger partial charge is 0.367 e. The monoisotopic (exact) mass is 274 g/mol. The van der Waals surface area contributed by atoms with Gasteiger partial charge < -0.3 is 10.6 Å². The summed E-state index contributed by atoms with van der Waals surface area (Å²) in [5.41, 5.74) is 1.21. The van der Waals surface area contributed by atoms with Crippen molar-refractivity contribution in [2.45, 2.75) is 63.8 Å². The molecule has 2 aliphatic rings. The smallest absolute Gasteiger partial charge is 0.130 e. The van der Waals surface area contributed by atoms with Gasteiger partial charge >= 0.3 is 0 Å². The van der Waals surface area contributed by atoms with E-state index in [1.165, 1.54) is 50.6 Å². The van der Waals surface area contributed by atoms with E-state index in [4.69, 9.17) is 0 Å². The third-order valence-corrected chi connectivity index (χ3v) is 4.53. The van der Waals surface area contributed by atoms with E-state index in [1.807, 2.05) is 6.92 Å². The molecule has 20 heavy (non-hydrogen) atoms. The maximum absolute atomic E-state index is 4.66. The van der Waals surface area contributed by atoms with Gasteiger partial charge in [-0.25, -0.2) is 9.97 Å². The summed E-state index contributed by atoms with van der Waals surface area (Å²) in [6, 6.07) is 2.79. The van der Waals surface area contributed by atoms with Gasteiger partial charge in [-0.1, -0.05) is 19.3 Å². The molecule has 0 radical (unpaired) electrons. The van der Waals surface area contributed by atoms with Crippen LogP contribution in [0.15, 0.2) is 6.07 Å². The van der Waals surface area contributed by atoms with Crippen molar-refractivity contribution in [1.82, 2.24) is 15.3 Å². The summed E-state index contributed by atoms with van der Waals surface area (Å²) >= 11 is 0. The van der Waals surface area contributed by atoms with Gasteiger partial charge in [-0.2, -0.15) is 0 Å². The maximum atomic E-state index is 4.66. The summed E-state index contributed by atoms with van der Waals surface area (Å²) in [5.74, 6) is 2.48. The molecule has 2 fully saturated rings. The topological polar surface area (TPSA) is 49.8 Å². The van der Waals surface area contributed by atoms with Gasteiger partial charge in [-0.05, 0) is 39.2 Å². The molecule has 0 aromatic carbocycles. The van der Waals surface area contributed by atoms with E-state index < -0.39 is 0 Å². The van der Waals surface area contributed by atoms with Crippen molar-refractivity contribution in [2.24, 2.45) is 0 Å². The van der Waals surface area contributed by atoms with Gasteiger partial charge in [0.05, 0.1) is 5.69 Å². The average molecular weight is 274 g/mol. The standard InChI is InChI=1S/C16H26N4/c1-12-18-15(13-6-5-9-17-11-13)10-16(19-12)20-14-7-3-2-4-8-14/h10,13-14,17H,2-9,11H2,1H3,(H,18,19,20). The lowest BCUT2D eigenvalue weighted by Crippen LogP contribution is -2.29. The van der Waals surface area contributed by atoms with Gasteiger partial charge in [0.25, 0.3) is 0 Å². The quantitative estimate of drug-likeness (QED) is 0.889. The van der Waals surface area contributed by atoms with Crippen molar-refractivity contribution in [2.75, 3.05) is 18.4 Å². The van der Waals surface area contributed by atoms with Crippen molar-refractivity contribution >= 4 is 5.82 Å². The second-order valence-corrected chi connectivity index (χ2v) is 6.25. The van der Waals surface area contributed by atoms with Gasteiger partial charge in [0.2, 0.25) is 0 Å². The first-order valence-corrected chi connectivity index (χ1v) is 8.14. The Hall–Kier alpha value is -1.16. The minimum atomic E-state index is 0.553. The number of hydrogen-bond acceptors (Lipinski definition) is 4. The summed E-state index contributed by atoms with van der Waals surface area (Å²) in [6.45, 7) is 4.21. The zero-order chi connectivity index (χ0) is 13.8. The highest BCUT2D eigenvalue weighted by molar-refractivity contribution is 5.38. The van der Waals surface area contributed by atoms with Gasteiger partial charge in [0.1, 0.15) is 11.6 Å². The SMILES string of the molecule is Cc1nc(NC2CCCCC2)cc(C2CCCNC2)n1. The molecule has 1 aliphatic carbocycles. The number of piperidine rings is 1. The number of nitrogens with zero attached hydrogens (tertiary/aromatic N) is 2. The summed E-state index contributed by atoms with van der Waals surface area (Å²) in [5, 5.41) is 7.10. The van der Waals surface area contributed by atoms with E-state index in [2.05, 4.69) is 26.7 Å². The fraction of sp³-hybridized carbons (Fsp3) is 0.750. The highest BCUT2D eigenvalue weighted by Crippen LogP contribution is 2.25. The van der Waals surface area contributed by atoms with Crippen molar-refractivity contribution in [3.63, 3.8) is 0 Å². The number of aryl methyl sites for hydroxylation is 1. The molecular formula is C16H26N4. The molecule has 0 amide bonds. The van der Waals surface area contributed by atoms with Crippen LogP contribution in [-0.2, 0) is 0 Å². The van der Waals surface area contributed by atoms with Crippen molar-refractivity contribution in [1.29, 1.82) is 0 Å². The van der Waals surface area contributed by atoms with Crippen LogP contribution < -0.4 is 10.6 Å². The van der Waals surface area contributed by atoms with Crippen LogP contribution in [0.25, 0.3) is 0 Å². The lowest BCUT2D eigenvalue weighted by molar-refractivity contribution is 0.452. The highest BCUT2D eigenvalue weighted by atomic mass is 15.1. The summed E-state index contributed by atoms with van der Waals surface area (Å²) < 4.78 is 0. The second kappa shape index (κ2) is 6.53. The number of rotatable bonds is 3. The van der Waals surface area contributed by atoms with Crippen LogP contribution in [0.3, 0.4) is 0 Å². The average Bonchev–Trinajstić information content (AvgIpc) is 2.49. The Morgan fingerprint density at radius 1 is 1.10 bits per heavy atom. The molecule has 0 spiro atoms. The fourth-order valence-corrected chi connectivity index (χ4v) is 3.43. The predicted molar refractivity (Wildman–Crippen MR) is 82.1 cm³/mol. The highest BCUT2D eigenvalue weighted by Gasteiger charge is 2.19. The molecule has 1 unspecified atom stereocenters. The first-order chi connectivity index (χ1) is 9.81. The van der Waals surface area contributed by atoms with Gasteiger partial charge in [0, 0.05) is 24.6 Å². The van der Waals surface area contributed by atoms with E-state index in [-0.39, 0.29) is 0 Å². The molecule has 2 heterocycles. The zero-order valence-electron chi connectivity index (χ0n) is 12.5. The fourth-order valence-electron chi connectivity index (χ4n) is 3.43. The Bertz CT molecular complexity index is 434. The molecule has 1 saturated heterocycles. The van der Waals surface area contributed by atoms with Gasteiger partial charge in [0.15, 0.2) is 0 Å². The molecule has 1 aromatic heterocycles. The van der Waals surface area contributed by atoms with Crippen molar-refractivity contribution in [3.05, 3.63) is 17.6 Å². The number of anilines is 1. The molecule has 4 heteroatoms. The van der Waals surface area contributed by atoms with Gasteiger partial charge in [-0.15, -0.1) is 0 Å². The molecule has 1 atom stereocenters. The van der Waals surface area contributed by atoms with E-state index >= 15 is 0 Å². The molecular weight excluding hydrogens is 248 g/mol. The molecule has 3 rings (SSSR count). The summed E-state index contributed by atoms with van der Waals surface area (Å²) in [6.07, 6.45) is 9.14. The van der Waals surface area contributed by atoms with Gasteiger partial charge in [-0.3, -0.25) is 0 Å². The first kappa shape index (κ1) is 13.8. The van der Waals surface area contributed by atoms with Crippen LogP contribution >= 0.6 is 0 Å². The summed E-state index contributed by atoms with van der Waals surface area (Å²) in [7, 11) is 0. The maximum Gasteiger partial charge on any atom is 0.130 e. The van der Waals surface area contributed by atoms with Crippen molar-refractivity contribution < 1.29 is 0 Å². The van der Waals surface area contributed by atoms with Crippen LogP contribution in [0.4, 0.5) is 5.82 Å². The lowest BCUT2D eigenvalue weighted by Gasteiger charge is -2.25. The van der Waals surface area contributed by atoms with Crippen LogP contribution in [-0.4, -0.2) is 29.1 Å². The number of hydrogen-bond donors (Lipinski definition) is 2. The Morgan fingerprint density at radius 2 is 1.95 bits per heavy atom. The van der Waals surface area contributed by atoms with E-state index in [0.717, 1.165) is 24.7 Å². The molecule has 110 valence electrons. The molecule has 1 saturated carbocycles. The van der Waals surface area contributed by atoms with Crippen LogP contribution in [0.2, 0.25) is 0 Å². The predicted octanol–water partition coefficient (Wildman–Crippen LogP) is 3.00. The van der Waals surface area contributed by atoms with Crippen LogP contribution in [0.5, 0.6) is 0 Å². The Balaban J connectivity index is 1.71. The van der Waals surface area contributed by atoms with E-state index in [1.54, 1.807) is 0 Å². The van der Waals surface area contributed by atoms with Crippen LogP contribution in [0, 0.1) is 6.92 Å². The Kier molecular flexibility index (Phi) is 4.51. The molecule has 1 aliphatic heterocycles. The van der Waals surface area contributed by atoms with Crippen LogP contribution in [0.1, 0.15) is 62.4 Å². The minimum Gasteiger partial charge on any atom is -0.367 e. The second-order valence-electron chi connectivity index (χ2n) is 6.25. The number of nitrogens with one attached hydrogen (secondary N) is 2. The van der Waals surface area contributed by atoms with E-state index in [9.17, 15) is 0 Å². The van der Waals surface area contributed by atoms with Crippen molar-refractivity contribution in [3.8, 4) is 0 Å². The Morgan fingerprint density at radius 3 is 2.70 bits per heavy atom. The molecule has 1 aromatic rings. The third kappa shape index (κ3) is 3.48. The molecule has 2 N–H and O–H groups in total. The minimum absolute atomic E-state index is 0.553. The Labute approximate surface area is 121 Å². The first-order valence-electron chi connectivity index (χ1n) is 8.14. The zero-order valence-corrected chi connectivity index (χ0v) is 12.5. The normalized spacial score (nSPS) is 24.6. The molecule has 4 nitrogen and oxygen atoms in total. The summed E-state index contributed by atoms with van der Waals surface area (Å²) in [4.78, 5) is 9.24. The lowest BCUT2D eigenvalue weighted by atomic mass is 9.94. The third-order valence-electron chi connectivity index (χ3n) is 4.53. The molecule has 0 bridgehead atoms. The number of aromatic nitrogens is 2. The van der Waals surface area contributed by atoms with E-state index in [0.29, 0.717) is 12.0 Å².